The minimum atomic E-state index is -0.137. The van der Waals surface area contributed by atoms with Crippen molar-refractivity contribution < 1.29 is 14.6 Å². The Hall–Kier alpha value is -1.81. The van der Waals surface area contributed by atoms with Crippen LogP contribution in [0.4, 0.5) is 0 Å². The third kappa shape index (κ3) is 3.60. The Balaban J connectivity index is 2.86. The lowest BCUT2D eigenvalue weighted by atomic mass is 10.1. The number of aryl methyl sites for hydroxylation is 1. The summed E-state index contributed by atoms with van der Waals surface area (Å²) in [6.07, 6.45) is 1.67. The van der Waals surface area contributed by atoms with Crippen molar-refractivity contribution in [1.29, 1.82) is 0 Å². The topological polar surface area (TPSA) is 49.8 Å². The van der Waals surface area contributed by atoms with Gasteiger partial charge in [0.05, 0.1) is 6.61 Å². The standard InChI is InChI=1S/C14H19NO3/c1-4-7-15(8-9-18-3)14(17)12-6-5-11(2)13(16)10-12/h4-6,10,16H,1,7-9H2,2-3H3. The Kier molecular flexibility index (Phi) is 5.39. The second kappa shape index (κ2) is 6.81. The molecule has 1 N–H and O–H groups in total. The molecule has 0 aliphatic carbocycles. The van der Waals surface area contributed by atoms with Crippen molar-refractivity contribution in [2.75, 3.05) is 26.8 Å². The second-order valence-electron chi connectivity index (χ2n) is 4.03. The van der Waals surface area contributed by atoms with Gasteiger partial charge >= 0.3 is 0 Å². The van der Waals surface area contributed by atoms with Crippen LogP contribution in [0.3, 0.4) is 0 Å². The molecular formula is C14H19NO3. The average molecular weight is 249 g/mol. The summed E-state index contributed by atoms with van der Waals surface area (Å²) in [6, 6.07) is 4.92. The van der Waals surface area contributed by atoms with Gasteiger partial charge in [-0.2, -0.15) is 0 Å². The Bertz CT molecular complexity index is 429. The van der Waals surface area contributed by atoms with Crippen molar-refractivity contribution in [3.8, 4) is 5.75 Å². The molecule has 4 heteroatoms. The Morgan fingerprint density at radius 2 is 2.28 bits per heavy atom. The number of aromatic hydroxyl groups is 1. The highest BCUT2D eigenvalue weighted by molar-refractivity contribution is 5.94. The molecule has 1 aromatic rings. The maximum atomic E-state index is 12.2. The van der Waals surface area contributed by atoms with Gasteiger partial charge in [0.2, 0.25) is 0 Å². The summed E-state index contributed by atoms with van der Waals surface area (Å²) >= 11 is 0. The van der Waals surface area contributed by atoms with Crippen LogP contribution >= 0.6 is 0 Å². The van der Waals surface area contributed by atoms with Crippen LogP contribution in [-0.4, -0.2) is 42.7 Å². The lowest BCUT2D eigenvalue weighted by Gasteiger charge is -2.21. The van der Waals surface area contributed by atoms with Crippen LogP contribution < -0.4 is 0 Å². The van der Waals surface area contributed by atoms with Crippen molar-refractivity contribution in [1.82, 2.24) is 4.90 Å². The first-order chi connectivity index (χ1) is 8.60. The Labute approximate surface area is 107 Å². The van der Waals surface area contributed by atoms with E-state index in [0.29, 0.717) is 25.3 Å². The van der Waals surface area contributed by atoms with Gasteiger partial charge in [-0.15, -0.1) is 6.58 Å². The van der Waals surface area contributed by atoms with E-state index < -0.39 is 0 Å². The van der Waals surface area contributed by atoms with Gasteiger partial charge in [-0.05, 0) is 24.6 Å². The Morgan fingerprint density at radius 1 is 1.56 bits per heavy atom. The lowest BCUT2D eigenvalue weighted by molar-refractivity contribution is 0.0718. The molecule has 0 aliphatic rings. The zero-order valence-electron chi connectivity index (χ0n) is 10.8. The number of carbonyl (C=O) groups excluding carboxylic acids is 1. The van der Waals surface area contributed by atoms with Crippen LogP contribution in [0.5, 0.6) is 5.75 Å². The summed E-state index contributed by atoms with van der Waals surface area (Å²) in [5, 5.41) is 9.62. The number of rotatable bonds is 6. The van der Waals surface area contributed by atoms with Crippen LogP contribution in [0.25, 0.3) is 0 Å². The van der Waals surface area contributed by atoms with Crippen LogP contribution in [0.15, 0.2) is 30.9 Å². The molecule has 1 amide bonds. The summed E-state index contributed by atoms with van der Waals surface area (Å²) in [5.41, 5.74) is 1.22. The van der Waals surface area contributed by atoms with Gasteiger partial charge in [0.1, 0.15) is 5.75 Å². The zero-order chi connectivity index (χ0) is 13.5. The maximum Gasteiger partial charge on any atom is 0.254 e. The number of phenolic OH excluding ortho intramolecular Hbond substituents is 1. The van der Waals surface area contributed by atoms with Crippen molar-refractivity contribution in [3.63, 3.8) is 0 Å². The zero-order valence-corrected chi connectivity index (χ0v) is 10.8. The minimum absolute atomic E-state index is 0.131. The largest absolute Gasteiger partial charge is 0.508 e. The van der Waals surface area contributed by atoms with Crippen LogP contribution in [-0.2, 0) is 4.74 Å². The predicted octanol–water partition coefficient (Wildman–Crippen LogP) is 1.98. The quantitative estimate of drug-likeness (QED) is 0.784. The summed E-state index contributed by atoms with van der Waals surface area (Å²) in [7, 11) is 1.59. The summed E-state index contributed by atoms with van der Waals surface area (Å²) in [4.78, 5) is 13.8. The van der Waals surface area contributed by atoms with Gasteiger partial charge in [-0.3, -0.25) is 4.79 Å². The minimum Gasteiger partial charge on any atom is -0.508 e. The second-order valence-corrected chi connectivity index (χ2v) is 4.03. The third-order valence-corrected chi connectivity index (χ3v) is 2.66. The molecule has 0 aromatic heterocycles. The molecule has 0 aliphatic heterocycles. The van der Waals surface area contributed by atoms with Gasteiger partial charge in [-0.25, -0.2) is 0 Å². The number of hydrogen-bond donors (Lipinski definition) is 1. The van der Waals surface area contributed by atoms with E-state index in [2.05, 4.69) is 6.58 Å². The number of phenols is 1. The van der Waals surface area contributed by atoms with Crippen LogP contribution in [0.2, 0.25) is 0 Å². The van der Waals surface area contributed by atoms with Gasteiger partial charge in [0.15, 0.2) is 0 Å². The third-order valence-electron chi connectivity index (χ3n) is 2.66. The predicted molar refractivity (Wildman–Crippen MR) is 70.8 cm³/mol. The van der Waals surface area contributed by atoms with Crippen molar-refractivity contribution in [2.24, 2.45) is 0 Å². The van der Waals surface area contributed by atoms with Crippen molar-refractivity contribution >= 4 is 5.91 Å². The number of hydrogen-bond acceptors (Lipinski definition) is 3. The number of methoxy groups -OCH3 is 1. The van der Waals surface area contributed by atoms with Crippen LogP contribution in [0, 0.1) is 6.92 Å². The number of nitrogens with zero attached hydrogens (tertiary/aromatic N) is 1. The summed E-state index contributed by atoms with van der Waals surface area (Å²) in [6.45, 7) is 6.84. The first kappa shape index (κ1) is 14.3. The highest BCUT2D eigenvalue weighted by Crippen LogP contribution is 2.18. The smallest absolute Gasteiger partial charge is 0.254 e. The number of ether oxygens (including phenoxy) is 1. The monoisotopic (exact) mass is 249 g/mol. The maximum absolute atomic E-state index is 12.2. The molecule has 0 atom stereocenters. The molecule has 1 aromatic carbocycles. The van der Waals surface area contributed by atoms with E-state index in [1.54, 1.807) is 37.1 Å². The Morgan fingerprint density at radius 3 is 2.83 bits per heavy atom. The molecule has 0 spiro atoms. The first-order valence-corrected chi connectivity index (χ1v) is 5.79. The van der Waals surface area contributed by atoms with E-state index in [-0.39, 0.29) is 11.7 Å². The molecule has 0 saturated heterocycles. The molecule has 4 nitrogen and oxygen atoms in total. The van der Waals surface area contributed by atoms with Crippen molar-refractivity contribution in [2.45, 2.75) is 6.92 Å². The number of carbonyl (C=O) groups is 1. The van der Waals surface area contributed by atoms with Crippen LogP contribution in [0.1, 0.15) is 15.9 Å². The number of amides is 1. The fraction of sp³-hybridized carbons (Fsp3) is 0.357. The van der Waals surface area contributed by atoms with E-state index in [0.717, 1.165) is 5.56 Å². The lowest BCUT2D eigenvalue weighted by Crippen LogP contribution is -2.34. The molecule has 0 fully saturated rings. The van der Waals surface area contributed by atoms with Gasteiger partial charge in [0.25, 0.3) is 5.91 Å². The van der Waals surface area contributed by atoms with E-state index in [1.807, 2.05) is 0 Å². The SMILES string of the molecule is C=CCN(CCOC)C(=O)c1ccc(C)c(O)c1. The molecule has 0 heterocycles. The normalized spacial score (nSPS) is 10.1. The first-order valence-electron chi connectivity index (χ1n) is 5.79. The molecule has 0 saturated carbocycles. The van der Waals surface area contributed by atoms with E-state index in [1.165, 1.54) is 6.07 Å². The average Bonchev–Trinajstić information content (AvgIpc) is 2.37. The number of benzene rings is 1. The molecule has 0 unspecified atom stereocenters. The molecule has 18 heavy (non-hydrogen) atoms. The van der Waals surface area contributed by atoms with E-state index in [4.69, 9.17) is 4.74 Å². The fourth-order valence-corrected chi connectivity index (χ4v) is 1.56. The van der Waals surface area contributed by atoms with E-state index >= 15 is 0 Å². The molecule has 0 radical (unpaired) electrons. The highest BCUT2D eigenvalue weighted by Gasteiger charge is 2.15. The summed E-state index contributed by atoms with van der Waals surface area (Å²) in [5.74, 6) is -0.00612. The molecule has 98 valence electrons. The van der Waals surface area contributed by atoms with E-state index in [9.17, 15) is 9.90 Å². The molecule has 1 rings (SSSR count). The molecule has 0 bridgehead atoms. The van der Waals surface area contributed by atoms with Gasteiger partial charge in [-0.1, -0.05) is 12.1 Å². The summed E-state index contributed by atoms with van der Waals surface area (Å²) < 4.78 is 4.97. The highest BCUT2D eigenvalue weighted by atomic mass is 16.5. The van der Waals surface area contributed by atoms with Gasteiger partial charge in [0, 0.05) is 25.8 Å². The van der Waals surface area contributed by atoms with Crippen molar-refractivity contribution in [3.05, 3.63) is 42.0 Å². The molecular weight excluding hydrogens is 230 g/mol. The van der Waals surface area contributed by atoms with Gasteiger partial charge < -0.3 is 14.7 Å². The fourth-order valence-electron chi connectivity index (χ4n) is 1.56.